The van der Waals surface area contributed by atoms with Gasteiger partial charge in [-0.1, -0.05) is 30.3 Å². The number of nitrogens with one attached hydrogen (secondary N) is 1. The molecule has 2 rings (SSSR count). The van der Waals surface area contributed by atoms with Crippen molar-refractivity contribution >= 4 is 30.7 Å². The van der Waals surface area contributed by atoms with Crippen molar-refractivity contribution in [1.82, 2.24) is 10.2 Å². The Bertz CT molecular complexity index is 437. The summed E-state index contributed by atoms with van der Waals surface area (Å²) < 4.78 is 0. The molecule has 0 saturated carbocycles. The zero-order chi connectivity index (χ0) is 15.1. The summed E-state index contributed by atoms with van der Waals surface area (Å²) >= 11 is 0. The van der Waals surface area contributed by atoms with Crippen molar-refractivity contribution in [3.8, 4) is 0 Å². The molecule has 1 atom stereocenters. The van der Waals surface area contributed by atoms with Crippen molar-refractivity contribution in [2.75, 3.05) is 33.2 Å². The second-order valence-corrected chi connectivity index (χ2v) is 6.03. The van der Waals surface area contributed by atoms with Gasteiger partial charge >= 0.3 is 0 Å². The van der Waals surface area contributed by atoms with Crippen molar-refractivity contribution in [1.29, 1.82) is 0 Å². The Morgan fingerprint density at radius 1 is 1.26 bits per heavy atom. The number of nitrogens with two attached hydrogens (primary N) is 1. The quantitative estimate of drug-likeness (QED) is 0.817. The molecule has 4 nitrogen and oxygen atoms in total. The average molecular weight is 362 g/mol. The van der Waals surface area contributed by atoms with Gasteiger partial charge in [-0.25, -0.2) is 0 Å². The summed E-state index contributed by atoms with van der Waals surface area (Å²) in [5.74, 6) is 0.565. The third-order valence-electron chi connectivity index (χ3n) is 4.44. The van der Waals surface area contributed by atoms with Crippen molar-refractivity contribution < 1.29 is 4.79 Å². The molecule has 1 unspecified atom stereocenters. The normalized spacial score (nSPS) is 16.8. The Morgan fingerprint density at radius 3 is 2.43 bits per heavy atom. The fourth-order valence-corrected chi connectivity index (χ4v) is 2.95. The number of halogens is 2. The Morgan fingerprint density at radius 2 is 1.87 bits per heavy atom. The Labute approximate surface area is 152 Å². The van der Waals surface area contributed by atoms with Gasteiger partial charge in [0.25, 0.3) is 0 Å². The van der Waals surface area contributed by atoms with Crippen molar-refractivity contribution in [3.05, 3.63) is 35.9 Å². The number of nitrogens with zero attached hydrogens (tertiary/aromatic N) is 1. The number of carbonyl (C=O) groups excluding carboxylic acids is 1. The molecule has 132 valence electrons. The molecular formula is C17H29Cl2N3O. The molecule has 1 aliphatic heterocycles. The van der Waals surface area contributed by atoms with E-state index in [1.165, 1.54) is 25.9 Å². The average Bonchev–Trinajstić information content (AvgIpc) is 2.51. The molecule has 23 heavy (non-hydrogen) atoms. The summed E-state index contributed by atoms with van der Waals surface area (Å²) in [7, 11) is 2.17. The molecule has 0 bridgehead atoms. The maximum atomic E-state index is 12.3. The molecule has 6 heteroatoms. The van der Waals surface area contributed by atoms with E-state index in [9.17, 15) is 4.79 Å². The van der Waals surface area contributed by atoms with Crippen LogP contribution in [0, 0.1) is 5.92 Å². The summed E-state index contributed by atoms with van der Waals surface area (Å²) in [4.78, 5) is 14.6. The highest BCUT2D eigenvalue weighted by Gasteiger charge is 2.20. The van der Waals surface area contributed by atoms with E-state index >= 15 is 0 Å². The van der Waals surface area contributed by atoms with Crippen LogP contribution < -0.4 is 11.1 Å². The van der Waals surface area contributed by atoms with E-state index in [1.54, 1.807) is 0 Å². The SMILES string of the molecule is CN1CCC(CCNC(=O)C(CN)c2ccccc2)CC1.Cl.Cl. The second kappa shape index (κ2) is 11.7. The molecule has 1 heterocycles. The number of likely N-dealkylation sites (tertiary alicyclic amines) is 1. The maximum Gasteiger partial charge on any atom is 0.228 e. The molecule has 3 N–H and O–H groups in total. The van der Waals surface area contributed by atoms with E-state index in [2.05, 4.69) is 17.3 Å². The van der Waals surface area contributed by atoms with Gasteiger partial charge in [-0.3, -0.25) is 4.79 Å². The Hall–Kier alpha value is -0.810. The van der Waals surface area contributed by atoms with Crippen LogP contribution in [-0.4, -0.2) is 44.0 Å². The largest absolute Gasteiger partial charge is 0.356 e. The minimum atomic E-state index is -0.233. The highest BCUT2D eigenvalue weighted by Crippen LogP contribution is 2.19. The predicted octanol–water partition coefficient (Wildman–Crippen LogP) is 2.42. The number of carbonyl (C=O) groups is 1. The van der Waals surface area contributed by atoms with Crippen molar-refractivity contribution in [3.63, 3.8) is 0 Å². The number of rotatable bonds is 6. The van der Waals surface area contributed by atoms with Gasteiger partial charge < -0.3 is 16.0 Å². The highest BCUT2D eigenvalue weighted by molar-refractivity contribution is 5.85. The zero-order valence-electron chi connectivity index (χ0n) is 13.7. The molecule has 1 saturated heterocycles. The van der Waals surface area contributed by atoms with Crippen LogP contribution in [0.25, 0.3) is 0 Å². The molecular weight excluding hydrogens is 333 g/mol. The van der Waals surface area contributed by atoms with E-state index in [-0.39, 0.29) is 36.6 Å². The van der Waals surface area contributed by atoms with Gasteiger partial charge in [-0.15, -0.1) is 24.8 Å². The number of hydrogen-bond donors (Lipinski definition) is 2. The fraction of sp³-hybridized carbons (Fsp3) is 0.588. The molecule has 0 radical (unpaired) electrons. The minimum absolute atomic E-state index is 0. The van der Waals surface area contributed by atoms with Crippen molar-refractivity contribution in [2.24, 2.45) is 11.7 Å². The lowest BCUT2D eigenvalue weighted by Crippen LogP contribution is -2.36. The standard InChI is InChI=1S/C17H27N3O.2ClH/c1-20-11-8-14(9-12-20)7-10-19-17(21)16(13-18)15-5-3-2-4-6-15;;/h2-6,14,16H,7-13,18H2,1H3,(H,19,21);2*1H. The minimum Gasteiger partial charge on any atom is -0.356 e. The van der Waals surface area contributed by atoms with Gasteiger partial charge in [-0.2, -0.15) is 0 Å². The maximum absolute atomic E-state index is 12.3. The summed E-state index contributed by atoms with van der Waals surface area (Å²) in [5.41, 5.74) is 6.77. The van der Waals surface area contributed by atoms with Gasteiger partial charge in [0.15, 0.2) is 0 Å². The van der Waals surface area contributed by atoms with Gasteiger partial charge in [0.05, 0.1) is 5.92 Å². The molecule has 1 aromatic rings. The molecule has 0 aliphatic carbocycles. The molecule has 0 spiro atoms. The molecule has 0 aromatic heterocycles. The van der Waals surface area contributed by atoms with E-state index in [1.807, 2.05) is 30.3 Å². The van der Waals surface area contributed by atoms with Crippen LogP contribution >= 0.6 is 24.8 Å². The van der Waals surface area contributed by atoms with E-state index in [0.717, 1.165) is 24.4 Å². The van der Waals surface area contributed by atoms with Gasteiger partial charge in [0.2, 0.25) is 5.91 Å². The Balaban J connectivity index is 0.00000242. The highest BCUT2D eigenvalue weighted by atomic mass is 35.5. The van der Waals surface area contributed by atoms with Crippen LogP contribution in [-0.2, 0) is 4.79 Å². The van der Waals surface area contributed by atoms with Crippen LogP contribution in [0.2, 0.25) is 0 Å². The van der Waals surface area contributed by atoms with Crippen molar-refractivity contribution in [2.45, 2.75) is 25.2 Å². The smallest absolute Gasteiger partial charge is 0.228 e. The number of hydrogen-bond acceptors (Lipinski definition) is 3. The van der Waals surface area contributed by atoms with E-state index < -0.39 is 0 Å². The summed E-state index contributed by atoms with van der Waals surface area (Å²) in [6.45, 7) is 3.46. The first-order valence-electron chi connectivity index (χ1n) is 7.92. The first-order valence-corrected chi connectivity index (χ1v) is 7.92. The third-order valence-corrected chi connectivity index (χ3v) is 4.44. The topological polar surface area (TPSA) is 58.4 Å². The van der Waals surface area contributed by atoms with Crippen LogP contribution in [0.15, 0.2) is 30.3 Å². The summed E-state index contributed by atoms with van der Waals surface area (Å²) in [5, 5.41) is 3.06. The first kappa shape index (κ1) is 22.2. The summed E-state index contributed by atoms with van der Waals surface area (Å²) in [6, 6.07) is 9.78. The van der Waals surface area contributed by atoms with Gasteiger partial charge in [-0.05, 0) is 50.9 Å². The zero-order valence-corrected chi connectivity index (χ0v) is 15.4. The van der Waals surface area contributed by atoms with Crippen LogP contribution in [0.3, 0.4) is 0 Å². The van der Waals surface area contributed by atoms with Gasteiger partial charge in [0.1, 0.15) is 0 Å². The summed E-state index contributed by atoms with van der Waals surface area (Å²) in [6.07, 6.45) is 3.56. The van der Waals surface area contributed by atoms with E-state index in [0.29, 0.717) is 6.54 Å². The molecule has 1 aromatic carbocycles. The van der Waals surface area contributed by atoms with Crippen LogP contribution in [0.4, 0.5) is 0 Å². The van der Waals surface area contributed by atoms with Gasteiger partial charge in [0, 0.05) is 13.1 Å². The molecule has 1 fully saturated rings. The lowest BCUT2D eigenvalue weighted by atomic mass is 9.93. The second-order valence-electron chi connectivity index (χ2n) is 6.03. The van der Waals surface area contributed by atoms with Crippen LogP contribution in [0.5, 0.6) is 0 Å². The van der Waals surface area contributed by atoms with Crippen LogP contribution in [0.1, 0.15) is 30.7 Å². The number of amides is 1. The molecule has 1 amide bonds. The number of piperidine rings is 1. The van der Waals surface area contributed by atoms with E-state index in [4.69, 9.17) is 5.73 Å². The third kappa shape index (κ3) is 7.08. The lowest BCUT2D eigenvalue weighted by Gasteiger charge is -2.29. The monoisotopic (exact) mass is 361 g/mol. The first-order chi connectivity index (χ1) is 10.2. The molecule has 1 aliphatic rings. The number of benzene rings is 1. The predicted molar refractivity (Wildman–Crippen MR) is 101 cm³/mol. The lowest BCUT2D eigenvalue weighted by molar-refractivity contribution is -0.122. The Kier molecular flexibility index (Phi) is 11.3. The fourth-order valence-electron chi connectivity index (χ4n) is 2.95.